The molecule has 0 aromatic heterocycles. The van der Waals surface area contributed by atoms with Crippen molar-refractivity contribution in [2.24, 2.45) is 45.8 Å². The largest absolute Gasteiger partial charge is 0.393 e. The van der Waals surface area contributed by atoms with E-state index in [-0.39, 0.29) is 6.10 Å². The number of hydrogen-bond donors (Lipinski definition) is 1. The van der Waals surface area contributed by atoms with Crippen LogP contribution in [0.5, 0.6) is 0 Å². The fourth-order valence-corrected chi connectivity index (χ4v) is 9.16. The Labute approximate surface area is 193 Å². The first-order chi connectivity index (χ1) is 14.5. The first kappa shape index (κ1) is 23.6. The van der Waals surface area contributed by atoms with E-state index in [1.54, 1.807) is 0 Å². The Morgan fingerprint density at radius 2 is 1.71 bits per heavy atom. The summed E-state index contributed by atoms with van der Waals surface area (Å²) in [6.45, 7) is 21.7. The fourth-order valence-electron chi connectivity index (χ4n) is 9.16. The Morgan fingerprint density at radius 3 is 2.39 bits per heavy atom. The molecule has 0 unspecified atom stereocenters. The van der Waals surface area contributed by atoms with Gasteiger partial charge in [0.15, 0.2) is 0 Å². The molecule has 2 fully saturated rings. The molecule has 0 aromatic rings. The van der Waals surface area contributed by atoms with Crippen molar-refractivity contribution in [2.75, 3.05) is 0 Å². The molecule has 4 rings (SSSR count). The lowest BCUT2D eigenvalue weighted by Crippen LogP contribution is -2.51. The normalized spacial score (nSPS) is 45.8. The molecule has 1 nitrogen and oxygen atoms in total. The van der Waals surface area contributed by atoms with Gasteiger partial charge in [-0.3, -0.25) is 0 Å². The minimum absolute atomic E-state index is 0.0815. The first-order valence-electron chi connectivity index (χ1n) is 13.5. The number of aliphatic hydroxyl groups is 1. The molecule has 0 amide bonds. The predicted octanol–water partition coefficient (Wildman–Crippen LogP) is 8.34. The van der Waals surface area contributed by atoms with Crippen LogP contribution in [-0.4, -0.2) is 11.2 Å². The SMILES string of the molecule is C=C(CC[C@@H](C)[C@H]1CC[C@@]2(C)C3=C(CC[C@]12C)[C@@]1(C)CC[C@H](O)[C@@H](C)[C@@H]1CC3)C(C)C. The van der Waals surface area contributed by atoms with Crippen molar-refractivity contribution >= 4 is 0 Å². The highest BCUT2D eigenvalue weighted by atomic mass is 16.3. The van der Waals surface area contributed by atoms with Gasteiger partial charge in [0.25, 0.3) is 0 Å². The molecular weight excluding hydrogens is 376 g/mol. The van der Waals surface area contributed by atoms with Gasteiger partial charge in [0, 0.05) is 0 Å². The lowest BCUT2D eigenvalue weighted by molar-refractivity contribution is -0.0413. The molecule has 4 aliphatic carbocycles. The van der Waals surface area contributed by atoms with E-state index in [0.29, 0.717) is 34.0 Å². The van der Waals surface area contributed by atoms with Crippen molar-refractivity contribution in [1.82, 2.24) is 0 Å². The average molecular weight is 427 g/mol. The quantitative estimate of drug-likeness (QED) is 0.438. The summed E-state index contributed by atoms with van der Waals surface area (Å²) in [4.78, 5) is 0. The second-order valence-electron chi connectivity index (χ2n) is 13.2. The summed E-state index contributed by atoms with van der Waals surface area (Å²) in [5, 5.41) is 10.6. The lowest BCUT2D eigenvalue weighted by Gasteiger charge is -2.60. The van der Waals surface area contributed by atoms with Crippen LogP contribution < -0.4 is 0 Å². The van der Waals surface area contributed by atoms with E-state index in [9.17, 15) is 5.11 Å². The van der Waals surface area contributed by atoms with Crippen LogP contribution >= 0.6 is 0 Å². The summed E-state index contributed by atoms with van der Waals surface area (Å²) in [5.74, 6) is 3.40. The maximum Gasteiger partial charge on any atom is 0.0569 e. The third kappa shape index (κ3) is 3.43. The molecule has 1 heteroatoms. The molecule has 4 aliphatic rings. The van der Waals surface area contributed by atoms with Gasteiger partial charge in [-0.1, -0.05) is 71.8 Å². The van der Waals surface area contributed by atoms with Crippen molar-refractivity contribution in [3.05, 3.63) is 23.3 Å². The van der Waals surface area contributed by atoms with Crippen molar-refractivity contribution in [3.63, 3.8) is 0 Å². The number of allylic oxidation sites excluding steroid dienone is 3. The van der Waals surface area contributed by atoms with Gasteiger partial charge in [-0.15, -0.1) is 0 Å². The lowest BCUT2D eigenvalue weighted by atomic mass is 9.45. The van der Waals surface area contributed by atoms with Gasteiger partial charge in [0.1, 0.15) is 0 Å². The highest BCUT2D eigenvalue weighted by Crippen LogP contribution is 2.71. The van der Waals surface area contributed by atoms with Crippen LogP contribution in [0.15, 0.2) is 23.3 Å². The van der Waals surface area contributed by atoms with E-state index in [1.807, 2.05) is 11.1 Å². The third-order valence-electron chi connectivity index (χ3n) is 11.8. The van der Waals surface area contributed by atoms with Crippen molar-refractivity contribution in [2.45, 2.75) is 119 Å². The highest BCUT2D eigenvalue weighted by Gasteiger charge is 2.62. The molecule has 31 heavy (non-hydrogen) atoms. The number of hydrogen-bond acceptors (Lipinski definition) is 1. The zero-order valence-electron chi connectivity index (χ0n) is 21.7. The predicted molar refractivity (Wildman–Crippen MR) is 133 cm³/mol. The fraction of sp³-hybridized carbons (Fsp3) is 0.867. The Balaban J connectivity index is 1.60. The summed E-state index contributed by atoms with van der Waals surface area (Å²) in [7, 11) is 0. The number of fused-ring (bicyclic) bond motifs is 4. The molecule has 0 aliphatic heterocycles. The zero-order chi connectivity index (χ0) is 22.8. The maximum absolute atomic E-state index is 10.6. The molecule has 176 valence electrons. The highest BCUT2D eigenvalue weighted by molar-refractivity contribution is 5.38. The van der Waals surface area contributed by atoms with Crippen LogP contribution in [0.2, 0.25) is 0 Å². The molecule has 8 atom stereocenters. The Hall–Kier alpha value is -0.560. The van der Waals surface area contributed by atoms with Crippen LogP contribution in [0.1, 0.15) is 113 Å². The average Bonchev–Trinajstić information content (AvgIpc) is 3.00. The van der Waals surface area contributed by atoms with Crippen molar-refractivity contribution in [3.8, 4) is 0 Å². The van der Waals surface area contributed by atoms with Crippen LogP contribution in [-0.2, 0) is 0 Å². The summed E-state index contributed by atoms with van der Waals surface area (Å²) >= 11 is 0. The molecule has 0 heterocycles. The van der Waals surface area contributed by atoms with E-state index in [2.05, 4.69) is 55.0 Å². The van der Waals surface area contributed by atoms with E-state index in [1.165, 1.54) is 63.4 Å². The van der Waals surface area contributed by atoms with Gasteiger partial charge in [0.05, 0.1) is 6.10 Å². The summed E-state index contributed by atoms with van der Waals surface area (Å²) in [6.07, 6.45) is 12.7. The van der Waals surface area contributed by atoms with Gasteiger partial charge in [0.2, 0.25) is 0 Å². The van der Waals surface area contributed by atoms with E-state index < -0.39 is 0 Å². The standard InChI is InChI=1S/C30H50O/c1-19(2)20(3)9-10-21(4)23-13-17-30(8)26-12-11-24-22(5)27(31)15-16-28(24,6)25(26)14-18-29(23,30)7/h19,21-24,27,31H,3,9-18H2,1-2,4-8H3/t21-,22+,23-,24+,27+,28+,29-,30+/m1/s1. The molecule has 2 saturated carbocycles. The summed E-state index contributed by atoms with van der Waals surface area (Å²) < 4.78 is 0. The van der Waals surface area contributed by atoms with E-state index in [0.717, 1.165) is 18.3 Å². The molecule has 0 radical (unpaired) electrons. The number of aliphatic hydroxyl groups excluding tert-OH is 1. The summed E-state index contributed by atoms with van der Waals surface area (Å²) in [5.41, 5.74) is 6.35. The van der Waals surface area contributed by atoms with Crippen LogP contribution in [0.4, 0.5) is 0 Å². The van der Waals surface area contributed by atoms with Crippen molar-refractivity contribution in [1.29, 1.82) is 0 Å². The maximum atomic E-state index is 10.6. The molecule has 0 bridgehead atoms. The third-order valence-corrected chi connectivity index (χ3v) is 11.8. The zero-order valence-corrected chi connectivity index (χ0v) is 21.7. The van der Waals surface area contributed by atoms with E-state index >= 15 is 0 Å². The molecular formula is C30H50O. The van der Waals surface area contributed by atoms with Gasteiger partial charge in [-0.2, -0.15) is 0 Å². The topological polar surface area (TPSA) is 20.2 Å². The Morgan fingerprint density at radius 1 is 1.00 bits per heavy atom. The van der Waals surface area contributed by atoms with Crippen LogP contribution in [0.25, 0.3) is 0 Å². The van der Waals surface area contributed by atoms with Gasteiger partial charge < -0.3 is 5.11 Å². The van der Waals surface area contributed by atoms with Crippen molar-refractivity contribution < 1.29 is 5.11 Å². The second kappa shape index (κ2) is 8.03. The first-order valence-corrected chi connectivity index (χ1v) is 13.5. The molecule has 0 saturated heterocycles. The summed E-state index contributed by atoms with van der Waals surface area (Å²) in [6, 6.07) is 0. The molecule has 0 spiro atoms. The minimum Gasteiger partial charge on any atom is -0.393 e. The van der Waals surface area contributed by atoms with Gasteiger partial charge >= 0.3 is 0 Å². The van der Waals surface area contributed by atoms with Gasteiger partial charge in [-0.25, -0.2) is 0 Å². The van der Waals surface area contributed by atoms with Crippen LogP contribution in [0.3, 0.4) is 0 Å². The smallest absolute Gasteiger partial charge is 0.0569 e. The van der Waals surface area contributed by atoms with E-state index in [4.69, 9.17) is 0 Å². The second-order valence-corrected chi connectivity index (χ2v) is 13.2. The van der Waals surface area contributed by atoms with Gasteiger partial charge in [-0.05, 0) is 110 Å². The molecule has 0 aromatic carbocycles. The minimum atomic E-state index is -0.0815. The Bertz CT molecular complexity index is 746. The molecule has 1 N–H and O–H groups in total. The monoisotopic (exact) mass is 426 g/mol. The number of rotatable bonds is 5. The Kier molecular flexibility index (Phi) is 6.11. The van der Waals surface area contributed by atoms with Crippen LogP contribution in [0, 0.1) is 45.8 Å².